The van der Waals surface area contributed by atoms with Crippen molar-refractivity contribution in [1.29, 1.82) is 0 Å². The normalized spacial score (nSPS) is 10.6. The fraction of sp³-hybridized carbons (Fsp3) is 0.0588. The van der Waals surface area contributed by atoms with Crippen molar-refractivity contribution < 1.29 is 18.3 Å². The van der Waals surface area contributed by atoms with Crippen LogP contribution < -0.4 is 10.4 Å². The molecule has 0 amide bonds. The number of rotatable bonds is 2. The van der Waals surface area contributed by atoms with E-state index in [2.05, 4.69) is 0 Å². The number of aryl methyl sites for hydroxylation is 1. The number of ether oxygens (including phenoxy) is 1. The summed E-state index contributed by atoms with van der Waals surface area (Å²) < 4.78 is 23.1. The molecule has 0 aliphatic rings. The van der Waals surface area contributed by atoms with Crippen LogP contribution in [0.15, 0.2) is 57.7 Å². The SMILES string of the molecule is Cc1cc(=O)oc2cc(OC(=O)c3ccc(F)cc3)ccc12. The summed E-state index contributed by atoms with van der Waals surface area (Å²) in [6.07, 6.45) is 0. The van der Waals surface area contributed by atoms with Gasteiger partial charge in [-0.3, -0.25) is 0 Å². The Balaban J connectivity index is 1.92. The summed E-state index contributed by atoms with van der Waals surface area (Å²) in [5, 5.41) is 0.765. The molecule has 2 aromatic carbocycles. The standard InChI is InChI=1S/C17H11FO4/c1-10-8-16(19)22-15-9-13(6-7-14(10)15)21-17(20)11-2-4-12(18)5-3-11/h2-9H,1H3. The van der Waals surface area contributed by atoms with Crippen LogP contribution in [0.5, 0.6) is 5.75 Å². The minimum Gasteiger partial charge on any atom is -0.423 e. The Morgan fingerprint density at radius 1 is 1.09 bits per heavy atom. The first-order chi connectivity index (χ1) is 10.5. The van der Waals surface area contributed by atoms with Gasteiger partial charge in [-0.2, -0.15) is 0 Å². The molecule has 0 N–H and O–H groups in total. The highest BCUT2D eigenvalue weighted by Crippen LogP contribution is 2.23. The fourth-order valence-corrected chi connectivity index (χ4v) is 2.12. The molecule has 0 unspecified atom stereocenters. The van der Waals surface area contributed by atoms with E-state index in [0.29, 0.717) is 5.58 Å². The van der Waals surface area contributed by atoms with Gasteiger partial charge in [-0.05, 0) is 48.9 Å². The highest BCUT2D eigenvalue weighted by atomic mass is 19.1. The monoisotopic (exact) mass is 298 g/mol. The predicted molar refractivity (Wildman–Crippen MR) is 78.6 cm³/mol. The lowest BCUT2D eigenvalue weighted by Crippen LogP contribution is -2.08. The van der Waals surface area contributed by atoms with Crippen molar-refractivity contribution in [1.82, 2.24) is 0 Å². The number of carbonyl (C=O) groups excluding carboxylic acids is 1. The van der Waals surface area contributed by atoms with Crippen molar-refractivity contribution in [2.45, 2.75) is 6.92 Å². The number of benzene rings is 2. The predicted octanol–water partition coefficient (Wildman–Crippen LogP) is 3.46. The summed E-state index contributed by atoms with van der Waals surface area (Å²) in [6.45, 7) is 1.80. The lowest BCUT2D eigenvalue weighted by molar-refractivity contribution is 0.0735. The number of carbonyl (C=O) groups is 1. The van der Waals surface area contributed by atoms with Gasteiger partial charge < -0.3 is 9.15 Å². The van der Waals surface area contributed by atoms with Crippen LogP contribution in [0.2, 0.25) is 0 Å². The second-order valence-corrected chi connectivity index (χ2v) is 4.80. The minimum atomic E-state index is -0.616. The molecule has 4 nitrogen and oxygen atoms in total. The number of halogens is 1. The number of esters is 1. The molecule has 110 valence electrons. The van der Waals surface area contributed by atoms with Crippen LogP contribution in [0, 0.1) is 12.7 Å². The minimum absolute atomic E-state index is 0.229. The molecule has 0 atom stereocenters. The maximum absolute atomic E-state index is 12.8. The Morgan fingerprint density at radius 3 is 2.55 bits per heavy atom. The second kappa shape index (κ2) is 5.44. The van der Waals surface area contributed by atoms with E-state index in [1.54, 1.807) is 19.1 Å². The van der Waals surface area contributed by atoms with E-state index in [4.69, 9.17) is 9.15 Å². The van der Waals surface area contributed by atoms with E-state index in [1.807, 2.05) is 0 Å². The average Bonchev–Trinajstić information content (AvgIpc) is 2.47. The van der Waals surface area contributed by atoms with Crippen LogP contribution in [0.4, 0.5) is 4.39 Å². The maximum atomic E-state index is 12.8. The molecule has 0 saturated heterocycles. The fourth-order valence-electron chi connectivity index (χ4n) is 2.12. The van der Waals surface area contributed by atoms with Gasteiger partial charge in [-0.15, -0.1) is 0 Å². The Labute approximate surface area is 124 Å². The van der Waals surface area contributed by atoms with Crippen molar-refractivity contribution in [2.75, 3.05) is 0 Å². The van der Waals surface area contributed by atoms with Crippen molar-refractivity contribution in [3.63, 3.8) is 0 Å². The van der Waals surface area contributed by atoms with Gasteiger partial charge in [0.1, 0.15) is 17.1 Å². The Morgan fingerprint density at radius 2 is 1.82 bits per heavy atom. The molecular weight excluding hydrogens is 287 g/mol. The summed E-state index contributed by atoms with van der Waals surface area (Å²) >= 11 is 0. The molecule has 5 heteroatoms. The molecule has 0 saturated carbocycles. The van der Waals surface area contributed by atoms with E-state index in [9.17, 15) is 14.0 Å². The van der Waals surface area contributed by atoms with Crippen LogP contribution in [0.1, 0.15) is 15.9 Å². The van der Waals surface area contributed by atoms with Crippen molar-refractivity contribution >= 4 is 16.9 Å². The third-order valence-corrected chi connectivity index (χ3v) is 3.21. The molecule has 0 bridgehead atoms. The van der Waals surface area contributed by atoms with E-state index < -0.39 is 17.4 Å². The van der Waals surface area contributed by atoms with Crippen LogP contribution in [-0.4, -0.2) is 5.97 Å². The summed E-state index contributed by atoms with van der Waals surface area (Å²) in [5.41, 5.74) is 0.885. The number of hydrogen-bond acceptors (Lipinski definition) is 4. The van der Waals surface area contributed by atoms with Crippen molar-refractivity contribution in [3.05, 3.63) is 75.9 Å². The molecule has 3 rings (SSSR count). The molecule has 0 spiro atoms. The van der Waals surface area contributed by atoms with Gasteiger partial charge in [0, 0.05) is 17.5 Å². The topological polar surface area (TPSA) is 56.5 Å². The Kier molecular flexibility index (Phi) is 3.47. The molecule has 0 fully saturated rings. The first kappa shape index (κ1) is 14.0. The van der Waals surface area contributed by atoms with Gasteiger partial charge >= 0.3 is 11.6 Å². The Bertz CT molecular complexity index is 910. The Hall–Kier alpha value is -2.95. The average molecular weight is 298 g/mol. The molecule has 3 aromatic rings. The molecular formula is C17H11FO4. The molecule has 0 aliphatic carbocycles. The van der Waals surface area contributed by atoms with E-state index in [1.165, 1.54) is 36.4 Å². The van der Waals surface area contributed by atoms with Gasteiger partial charge in [0.25, 0.3) is 0 Å². The second-order valence-electron chi connectivity index (χ2n) is 4.80. The zero-order chi connectivity index (χ0) is 15.7. The lowest BCUT2D eigenvalue weighted by Gasteiger charge is -2.06. The molecule has 0 radical (unpaired) electrons. The number of fused-ring (bicyclic) bond motifs is 1. The molecule has 1 heterocycles. The lowest BCUT2D eigenvalue weighted by atomic mass is 10.1. The zero-order valence-corrected chi connectivity index (χ0v) is 11.6. The largest absolute Gasteiger partial charge is 0.423 e. The van der Waals surface area contributed by atoms with Gasteiger partial charge in [0.05, 0.1) is 5.56 Å². The van der Waals surface area contributed by atoms with Gasteiger partial charge in [0.2, 0.25) is 0 Å². The number of hydrogen-bond donors (Lipinski definition) is 0. The van der Waals surface area contributed by atoms with Crippen molar-refractivity contribution in [2.24, 2.45) is 0 Å². The van der Waals surface area contributed by atoms with E-state index >= 15 is 0 Å². The summed E-state index contributed by atoms with van der Waals surface area (Å²) in [7, 11) is 0. The first-order valence-electron chi connectivity index (χ1n) is 6.55. The van der Waals surface area contributed by atoms with Crippen molar-refractivity contribution in [3.8, 4) is 5.75 Å². The zero-order valence-electron chi connectivity index (χ0n) is 11.6. The maximum Gasteiger partial charge on any atom is 0.343 e. The summed E-state index contributed by atoms with van der Waals surface area (Å²) in [6, 6.07) is 11.2. The van der Waals surface area contributed by atoms with E-state index in [0.717, 1.165) is 10.9 Å². The van der Waals surface area contributed by atoms with Crippen LogP contribution >= 0.6 is 0 Å². The van der Waals surface area contributed by atoms with Gasteiger partial charge in [-0.1, -0.05) is 0 Å². The third kappa shape index (κ3) is 2.74. The summed E-state index contributed by atoms with van der Waals surface area (Å²) in [5.74, 6) is -0.801. The van der Waals surface area contributed by atoms with Crippen LogP contribution in [0.25, 0.3) is 11.0 Å². The third-order valence-electron chi connectivity index (χ3n) is 3.21. The first-order valence-corrected chi connectivity index (χ1v) is 6.55. The highest BCUT2D eigenvalue weighted by Gasteiger charge is 2.10. The molecule has 1 aromatic heterocycles. The molecule has 22 heavy (non-hydrogen) atoms. The molecule has 0 aliphatic heterocycles. The van der Waals surface area contributed by atoms with E-state index in [-0.39, 0.29) is 11.3 Å². The van der Waals surface area contributed by atoms with Crippen LogP contribution in [-0.2, 0) is 0 Å². The van der Waals surface area contributed by atoms with Gasteiger partial charge in [-0.25, -0.2) is 14.0 Å². The van der Waals surface area contributed by atoms with Gasteiger partial charge in [0.15, 0.2) is 0 Å². The smallest absolute Gasteiger partial charge is 0.343 e. The van der Waals surface area contributed by atoms with Crippen LogP contribution in [0.3, 0.4) is 0 Å². The quantitative estimate of drug-likeness (QED) is 0.413. The highest BCUT2D eigenvalue weighted by molar-refractivity contribution is 5.91. The summed E-state index contributed by atoms with van der Waals surface area (Å²) in [4.78, 5) is 23.3.